The molecule has 1 N–H and O–H groups in total. The van der Waals surface area contributed by atoms with Crippen molar-refractivity contribution in [3.05, 3.63) is 0 Å². The second kappa shape index (κ2) is 8.02. The molecule has 5 heteroatoms. The van der Waals surface area contributed by atoms with Crippen LogP contribution in [-0.2, 0) is 4.79 Å². The lowest BCUT2D eigenvalue weighted by Gasteiger charge is -2.26. The van der Waals surface area contributed by atoms with Crippen molar-refractivity contribution in [3.63, 3.8) is 0 Å². The third kappa shape index (κ3) is 5.49. The molecular weight excluding hydrogens is 244 g/mol. The first-order chi connectivity index (χ1) is 9.04. The van der Waals surface area contributed by atoms with Crippen LogP contribution in [0.3, 0.4) is 0 Å². The Bertz CT molecular complexity index is 307. The third-order valence-electron chi connectivity index (χ3n) is 3.80. The number of rotatable bonds is 5. The SMILES string of the molecule is CCCC1CCCN(C(=O)N(C)CCC(=O)O)CC1. The molecule has 0 aliphatic carbocycles. The summed E-state index contributed by atoms with van der Waals surface area (Å²) < 4.78 is 0. The maximum Gasteiger partial charge on any atom is 0.319 e. The number of carboxylic acid groups (broad SMARTS) is 1. The summed E-state index contributed by atoms with van der Waals surface area (Å²) >= 11 is 0. The van der Waals surface area contributed by atoms with E-state index in [-0.39, 0.29) is 19.0 Å². The van der Waals surface area contributed by atoms with Crippen LogP contribution in [0.15, 0.2) is 0 Å². The van der Waals surface area contributed by atoms with Crippen molar-refractivity contribution in [2.45, 2.75) is 45.4 Å². The number of carbonyl (C=O) groups excluding carboxylic acids is 1. The Hall–Kier alpha value is -1.26. The number of carbonyl (C=O) groups is 2. The maximum absolute atomic E-state index is 12.2. The molecule has 2 amide bonds. The Morgan fingerprint density at radius 1 is 1.32 bits per heavy atom. The summed E-state index contributed by atoms with van der Waals surface area (Å²) in [6.45, 7) is 4.09. The highest BCUT2D eigenvalue weighted by Gasteiger charge is 2.22. The van der Waals surface area contributed by atoms with Crippen LogP contribution >= 0.6 is 0 Å². The zero-order valence-corrected chi connectivity index (χ0v) is 12.1. The summed E-state index contributed by atoms with van der Waals surface area (Å²) in [7, 11) is 1.68. The first kappa shape index (κ1) is 15.8. The van der Waals surface area contributed by atoms with Gasteiger partial charge in [-0.2, -0.15) is 0 Å². The lowest BCUT2D eigenvalue weighted by atomic mass is 9.96. The van der Waals surface area contributed by atoms with Gasteiger partial charge in [0, 0.05) is 26.7 Å². The maximum atomic E-state index is 12.2. The van der Waals surface area contributed by atoms with Crippen molar-refractivity contribution in [1.29, 1.82) is 0 Å². The fraction of sp³-hybridized carbons (Fsp3) is 0.857. The second-order valence-corrected chi connectivity index (χ2v) is 5.42. The predicted molar refractivity (Wildman–Crippen MR) is 74.1 cm³/mol. The van der Waals surface area contributed by atoms with Gasteiger partial charge >= 0.3 is 12.0 Å². The minimum absolute atomic E-state index is 0.00847. The molecule has 110 valence electrons. The molecule has 0 spiro atoms. The van der Waals surface area contributed by atoms with Crippen LogP contribution in [0.5, 0.6) is 0 Å². The lowest BCUT2D eigenvalue weighted by Crippen LogP contribution is -2.42. The topological polar surface area (TPSA) is 60.9 Å². The minimum Gasteiger partial charge on any atom is -0.481 e. The number of amides is 2. The van der Waals surface area contributed by atoms with Crippen LogP contribution in [0.1, 0.15) is 45.4 Å². The van der Waals surface area contributed by atoms with E-state index in [2.05, 4.69) is 6.92 Å². The Balaban J connectivity index is 2.41. The quantitative estimate of drug-likeness (QED) is 0.834. The van der Waals surface area contributed by atoms with Crippen molar-refractivity contribution >= 4 is 12.0 Å². The molecule has 5 nitrogen and oxygen atoms in total. The number of hydrogen-bond acceptors (Lipinski definition) is 2. The Kier molecular flexibility index (Phi) is 6.67. The monoisotopic (exact) mass is 270 g/mol. The molecule has 0 saturated carbocycles. The first-order valence-electron chi connectivity index (χ1n) is 7.26. The van der Waals surface area contributed by atoms with E-state index >= 15 is 0 Å². The van der Waals surface area contributed by atoms with Crippen molar-refractivity contribution in [1.82, 2.24) is 9.80 Å². The fourth-order valence-corrected chi connectivity index (χ4v) is 2.65. The van der Waals surface area contributed by atoms with E-state index in [4.69, 9.17) is 5.11 Å². The van der Waals surface area contributed by atoms with Gasteiger partial charge in [-0.05, 0) is 25.2 Å². The molecule has 0 bridgehead atoms. The normalized spacial score (nSPS) is 19.9. The van der Waals surface area contributed by atoms with E-state index in [1.807, 2.05) is 4.90 Å². The average Bonchev–Trinajstić information content (AvgIpc) is 2.61. The zero-order chi connectivity index (χ0) is 14.3. The Labute approximate surface area is 115 Å². The number of carboxylic acids is 1. The van der Waals surface area contributed by atoms with Gasteiger partial charge in [-0.15, -0.1) is 0 Å². The van der Waals surface area contributed by atoms with Crippen LogP contribution in [0, 0.1) is 5.92 Å². The number of aliphatic carboxylic acids is 1. The molecule has 1 unspecified atom stereocenters. The standard InChI is InChI=1S/C14H26N2O3/c1-3-5-12-6-4-9-16(11-7-12)14(19)15(2)10-8-13(17)18/h12H,3-11H2,1-2H3,(H,17,18). The van der Waals surface area contributed by atoms with E-state index in [9.17, 15) is 9.59 Å². The third-order valence-corrected chi connectivity index (χ3v) is 3.80. The van der Waals surface area contributed by atoms with Gasteiger partial charge in [0.25, 0.3) is 0 Å². The van der Waals surface area contributed by atoms with E-state index in [0.29, 0.717) is 0 Å². The smallest absolute Gasteiger partial charge is 0.319 e. The molecule has 1 heterocycles. The molecule has 0 aromatic heterocycles. The Morgan fingerprint density at radius 3 is 2.68 bits per heavy atom. The predicted octanol–water partition coefficient (Wildman–Crippen LogP) is 2.42. The molecule has 0 radical (unpaired) electrons. The molecule has 1 saturated heterocycles. The largest absolute Gasteiger partial charge is 0.481 e. The zero-order valence-electron chi connectivity index (χ0n) is 12.1. The summed E-state index contributed by atoms with van der Waals surface area (Å²) in [6, 6.07) is -0.0293. The summed E-state index contributed by atoms with van der Waals surface area (Å²) in [6.07, 6.45) is 5.80. The van der Waals surface area contributed by atoms with Crippen LogP contribution in [0.2, 0.25) is 0 Å². The second-order valence-electron chi connectivity index (χ2n) is 5.42. The summed E-state index contributed by atoms with van der Waals surface area (Å²) in [5.74, 6) is -0.120. The highest BCUT2D eigenvalue weighted by Crippen LogP contribution is 2.22. The number of urea groups is 1. The van der Waals surface area contributed by atoms with Gasteiger partial charge in [0.2, 0.25) is 0 Å². The highest BCUT2D eigenvalue weighted by molar-refractivity contribution is 5.75. The summed E-state index contributed by atoms with van der Waals surface area (Å²) in [5, 5.41) is 8.64. The average molecular weight is 270 g/mol. The van der Waals surface area contributed by atoms with Crippen molar-refractivity contribution in [2.75, 3.05) is 26.7 Å². The van der Waals surface area contributed by atoms with Crippen molar-refractivity contribution < 1.29 is 14.7 Å². The van der Waals surface area contributed by atoms with Crippen LogP contribution < -0.4 is 0 Å². The first-order valence-corrected chi connectivity index (χ1v) is 7.26. The molecule has 19 heavy (non-hydrogen) atoms. The molecule has 1 rings (SSSR count). The molecule has 1 atom stereocenters. The number of hydrogen-bond donors (Lipinski definition) is 1. The van der Waals surface area contributed by atoms with Gasteiger partial charge in [-0.25, -0.2) is 4.79 Å². The van der Waals surface area contributed by atoms with Crippen molar-refractivity contribution in [2.24, 2.45) is 5.92 Å². The number of likely N-dealkylation sites (tertiary alicyclic amines) is 1. The van der Waals surface area contributed by atoms with Crippen LogP contribution in [-0.4, -0.2) is 53.6 Å². The van der Waals surface area contributed by atoms with Crippen molar-refractivity contribution in [3.8, 4) is 0 Å². The van der Waals surface area contributed by atoms with E-state index in [1.165, 1.54) is 24.2 Å². The van der Waals surface area contributed by atoms with Gasteiger partial charge in [0.1, 0.15) is 0 Å². The highest BCUT2D eigenvalue weighted by atomic mass is 16.4. The molecular formula is C14H26N2O3. The van der Waals surface area contributed by atoms with Crippen LogP contribution in [0.25, 0.3) is 0 Å². The van der Waals surface area contributed by atoms with E-state index < -0.39 is 5.97 Å². The molecule has 1 fully saturated rings. The van der Waals surface area contributed by atoms with Gasteiger partial charge in [-0.3, -0.25) is 4.79 Å². The molecule has 0 aromatic carbocycles. The van der Waals surface area contributed by atoms with Gasteiger partial charge in [0.15, 0.2) is 0 Å². The van der Waals surface area contributed by atoms with E-state index in [1.54, 1.807) is 7.05 Å². The number of nitrogens with zero attached hydrogens (tertiary/aromatic N) is 2. The summed E-state index contributed by atoms with van der Waals surface area (Å²) in [4.78, 5) is 26.1. The fourth-order valence-electron chi connectivity index (χ4n) is 2.65. The molecule has 1 aliphatic rings. The summed E-state index contributed by atoms with van der Waals surface area (Å²) in [5.41, 5.74) is 0. The van der Waals surface area contributed by atoms with Gasteiger partial charge in [0.05, 0.1) is 6.42 Å². The van der Waals surface area contributed by atoms with Gasteiger partial charge in [-0.1, -0.05) is 19.8 Å². The van der Waals surface area contributed by atoms with Gasteiger partial charge < -0.3 is 14.9 Å². The molecule has 1 aliphatic heterocycles. The molecule has 0 aromatic rings. The van der Waals surface area contributed by atoms with E-state index in [0.717, 1.165) is 31.8 Å². The minimum atomic E-state index is -0.862. The Morgan fingerprint density at radius 2 is 2.05 bits per heavy atom. The van der Waals surface area contributed by atoms with Crippen LogP contribution in [0.4, 0.5) is 4.79 Å². The lowest BCUT2D eigenvalue weighted by molar-refractivity contribution is -0.137.